The molecular weight excluding hydrogens is 451 g/mol. The fourth-order valence-electron chi connectivity index (χ4n) is 4.05. The maximum absolute atomic E-state index is 14.6. The van der Waals surface area contributed by atoms with Gasteiger partial charge in [0, 0.05) is 12.5 Å². The van der Waals surface area contributed by atoms with Crippen LogP contribution in [0.2, 0.25) is 0 Å². The minimum absolute atomic E-state index is 0.0304. The Morgan fingerprint density at radius 2 is 1.54 bits per heavy atom. The molecule has 1 aliphatic carbocycles. The van der Waals surface area contributed by atoms with E-state index in [0.717, 1.165) is 28.3 Å². The molecule has 35 heavy (non-hydrogen) atoms. The van der Waals surface area contributed by atoms with Crippen molar-refractivity contribution in [2.24, 2.45) is 5.41 Å². The van der Waals surface area contributed by atoms with Crippen LogP contribution in [0.5, 0.6) is 0 Å². The molecule has 0 aliphatic heterocycles. The molecule has 0 heterocycles. The number of amides is 2. The standard InChI is InChI=1S/C27H25FN2O5/c1-27(2,25(32)33)15-29-24(31)20-12-7-13-22(28)23(20)30-26(34)35-14-21-18-10-5-3-8-16(18)17-9-4-6-11-19(17)21/h3-13,21H,14-15H2,1-2H3,(H,29,31)(H,30,34)(H,32,33). The Kier molecular flexibility index (Phi) is 6.55. The van der Waals surface area contributed by atoms with Gasteiger partial charge in [0.25, 0.3) is 5.91 Å². The third-order valence-corrected chi connectivity index (χ3v) is 6.10. The van der Waals surface area contributed by atoms with Crippen LogP contribution in [-0.2, 0) is 9.53 Å². The largest absolute Gasteiger partial charge is 0.481 e. The Morgan fingerprint density at radius 1 is 0.943 bits per heavy atom. The molecule has 0 unspecified atom stereocenters. The van der Waals surface area contributed by atoms with E-state index in [9.17, 15) is 23.9 Å². The molecule has 3 aromatic carbocycles. The van der Waals surface area contributed by atoms with Gasteiger partial charge in [0.15, 0.2) is 0 Å². The Bertz CT molecular complexity index is 1260. The van der Waals surface area contributed by atoms with Crippen LogP contribution < -0.4 is 10.6 Å². The molecule has 3 aromatic rings. The Hall–Kier alpha value is -4.20. The molecule has 2 amide bonds. The molecule has 0 spiro atoms. The van der Waals surface area contributed by atoms with Gasteiger partial charge < -0.3 is 15.2 Å². The van der Waals surface area contributed by atoms with Gasteiger partial charge >= 0.3 is 12.1 Å². The first-order valence-electron chi connectivity index (χ1n) is 11.1. The number of carboxylic acids is 1. The molecule has 0 saturated carbocycles. The zero-order chi connectivity index (χ0) is 25.2. The highest BCUT2D eigenvalue weighted by atomic mass is 19.1. The molecule has 7 nitrogen and oxygen atoms in total. The fourth-order valence-corrected chi connectivity index (χ4v) is 4.05. The van der Waals surface area contributed by atoms with Crippen LogP contribution in [0.3, 0.4) is 0 Å². The van der Waals surface area contributed by atoms with E-state index in [-0.39, 0.29) is 30.3 Å². The number of halogens is 1. The number of hydrogen-bond acceptors (Lipinski definition) is 4. The molecule has 0 saturated heterocycles. The highest BCUT2D eigenvalue weighted by Crippen LogP contribution is 2.44. The van der Waals surface area contributed by atoms with Crippen molar-refractivity contribution >= 4 is 23.7 Å². The third-order valence-electron chi connectivity index (χ3n) is 6.10. The molecule has 0 aromatic heterocycles. The van der Waals surface area contributed by atoms with E-state index in [4.69, 9.17) is 4.74 Å². The molecule has 180 valence electrons. The third kappa shape index (κ3) is 4.87. The lowest BCUT2D eigenvalue weighted by atomic mass is 9.94. The molecular formula is C27H25FN2O5. The summed E-state index contributed by atoms with van der Waals surface area (Å²) in [6.45, 7) is 2.76. The average molecular weight is 477 g/mol. The first-order chi connectivity index (χ1) is 16.7. The van der Waals surface area contributed by atoms with Crippen LogP contribution >= 0.6 is 0 Å². The number of para-hydroxylation sites is 1. The zero-order valence-electron chi connectivity index (χ0n) is 19.3. The van der Waals surface area contributed by atoms with Gasteiger partial charge in [0.05, 0.1) is 16.7 Å². The van der Waals surface area contributed by atoms with Gasteiger partial charge in [-0.2, -0.15) is 0 Å². The highest BCUT2D eigenvalue weighted by Gasteiger charge is 2.30. The normalized spacial score (nSPS) is 12.4. The molecule has 0 atom stereocenters. The number of rotatable bonds is 7. The maximum Gasteiger partial charge on any atom is 0.411 e. The number of ether oxygens (including phenoxy) is 1. The lowest BCUT2D eigenvalue weighted by Crippen LogP contribution is -2.39. The maximum atomic E-state index is 14.6. The molecule has 0 bridgehead atoms. The quantitative estimate of drug-likeness (QED) is 0.444. The molecule has 1 aliphatic rings. The van der Waals surface area contributed by atoms with Gasteiger partial charge in [-0.05, 0) is 48.2 Å². The number of nitrogens with one attached hydrogen (secondary N) is 2. The highest BCUT2D eigenvalue weighted by molar-refractivity contribution is 6.03. The van der Waals surface area contributed by atoms with Crippen molar-refractivity contribution in [2.45, 2.75) is 19.8 Å². The first-order valence-corrected chi connectivity index (χ1v) is 11.1. The number of anilines is 1. The van der Waals surface area contributed by atoms with Crippen molar-refractivity contribution in [1.82, 2.24) is 5.32 Å². The monoisotopic (exact) mass is 476 g/mol. The SMILES string of the molecule is CC(C)(CNC(=O)c1cccc(F)c1NC(=O)OCC1c2ccccc2-c2ccccc21)C(=O)O. The van der Waals surface area contributed by atoms with Gasteiger partial charge in [-0.25, -0.2) is 9.18 Å². The molecule has 4 rings (SSSR count). The van der Waals surface area contributed by atoms with Gasteiger partial charge in [0.1, 0.15) is 12.4 Å². The summed E-state index contributed by atoms with van der Waals surface area (Å²) < 4.78 is 20.0. The number of carbonyl (C=O) groups excluding carboxylic acids is 2. The van der Waals surface area contributed by atoms with Gasteiger partial charge in [-0.1, -0.05) is 54.6 Å². The fraction of sp³-hybridized carbons (Fsp3) is 0.222. The topological polar surface area (TPSA) is 105 Å². The summed E-state index contributed by atoms with van der Waals surface area (Å²) in [5, 5.41) is 14.0. The second kappa shape index (κ2) is 9.58. The van der Waals surface area contributed by atoms with Crippen LogP contribution in [-0.4, -0.2) is 36.2 Å². The van der Waals surface area contributed by atoms with Gasteiger partial charge in [-0.15, -0.1) is 0 Å². The van der Waals surface area contributed by atoms with E-state index in [0.29, 0.717) is 0 Å². The summed E-state index contributed by atoms with van der Waals surface area (Å²) in [6, 6.07) is 19.5. The number of aliphatic carboxylic acids is 1. The Balaban J connectivity index is 1.47. The number of carbonyl (C=O) groups is 3. The van der Waals surface area contributed by atoms with Crippen molar-refractivity contribution < 1.29 is 28.6 Å². The van der Waals surface area contributed by atoms with Gasteiger partial charge in [-0.3, -0.25) is 14.9 Å². The van der Waals surface area contributed by atoms with Crippen molar-refractivity contribution in [3.05, 3.63) is 89.2 Å². The Labute approximate surface area is 201 Å². The van der Waals surface area contributed by atoms with E-state index in [1.165, 1.54) is 26.0 Å². The smallest absolute Gasteiger partial charge is 0.411 e. The molecule has 3 N–H and O–H groups in total. The number of hydrogen-bond donors (Lipinski definition) is 3. The minimum Gasteiger partial charge on any atom is -0.481 e. The predicted molar refractivity (Wildman–Crippen MR) is 129 cm³/mol. The van der Waals surface area contributed by atoms with Crippen molar-refractivity contribution in [3.8, 4) is 11.1 Å². The summed E-state index contributed by atoms with van der Waals surface area (Å²) in [7, 11) is 0. The second-order valence-corrected chi connectivity index (χ2v) is 8.98. The van der Waals surface area contributed by atoms with Crippen LogP contribution in [0, 0.1) is 11.2 Å². The lowest BCUT2D eigenvalue weighted by Gasteiger charge is -2.20. The minimum atomic E-state index is -1.22. The van der Waals surface area contributed by atoms with E-state index in [2.05, 4.69) is 10.6 Å². The summed E-state index contributed by atoms with van der Waals surface area (Å²) >= 11 is 0. The number of fused-ring (bicyclic) bond motifs is 3. The van der Waals surface area contributed by atoms with E-state index in [1.54, 1.807) is 0 Å². The van der Waals surface area contributed by atoms with E-state index >= 15 is 0 Å². The summed E-state index contributed by atoms with van der Waals surface area (Å²) in [4.78, 5) is 36.6. The van der Waals surface area contributed by atoms with E-state index < -0.39 is 29.2 Å². The summed E-state index contributed by atoms with van der Waals surface area (Å²) in [5.41, 5.74) is 2.53. The van der Waals surface area contributed by atoms with Crippen LogP contribution in [0.15, 0.2) is 66.7 Å². The number of carboxylic acid groups (broad SMARTS) is 1. The Morgan fingerprint density at radius 3 is 2.14 bits per heavy atom. The summed E-state index contributed by atoms with van der Waals surface area (Å²) in [6.07, 6.45) is -0.906. The van der Waals surface area contributed by atoms with Crippen molar-refractivity contribution in [3.63, 3.8) is 0 Å². The second-order valence-electron chi connectivity index (χ2n) is 8.98. The average Bonchev–Trinajstić information content (AvgIpc) is 3.16. The zero-order valence-corrected chi connectivity index (χ0v) is 19.3. The molecule has 0 radical (unpaired) electrons. The van der Waals surface area contributed by atoms with Crippen LogP contribution in [0.25, 0.3) is 11.1 Å². The van der Waals surface area contributed by atoms with Crippen LogP contribution in [0.1, 0.15) is 41.3 Å². The lowest BCUT2D eigenvalue weighted by molar-refractivity contribution is -0.146. The summed E-state index contributed by atoms with van der Waals surface area (Å²) in [5.74, 6) is -2.79. The molecule has 0 fully saturated rings. The first kappa shape index (κ1) is 23.9. The predicted octanol–water partition coefficient (Wildman–Crippen LogP) is 5.03. The van der Waals surface area contributed by atoms with Crippen molar-refractivity contribution in [2.75, 3.05) is 18.5 Å². The van der Waals surface area contributed by atoms with E-state index in [1.807, 2.05) is 48.5 Å². The van der Waals surface area contributed by atoms with Gasteiger partial charge in [0.2, 0.25) is 0 Å². The van der Waals surface area contributed by atoms with Crippen molar-refractivity contribution in [1.29, 1.82) is 0 Å². The number of benzene rings is 3. The van der Waals surface area contributed by atoms with Crippen LogP contribution in [0.4, 0.5) is 14.9 Å². The molecule has 8 heteroatoms.